The zero-order valence-corrected chi connectivity index (χ0v) is 18.0. The van der Waals surface area contributed by atoms with Crippen LogP contribution in [0.25, 0.3) is 17.2 Å². The largest absolute Gasteiger partial charge is 0.0840 e. The predicted molar refractivity (Wildman–Crippen MR) is 124 cm³/mol. The second kappa shape index (κ2) is 11.2. The van der Waals surface area contributed by atoms with Gasteiger partial charge in [-0.3, -0.25) is 0 Å². The van der Waals surface area contributed by atoms with E-state index in [2.05, 4.69) is 74.5 Å². The van der Waals surface area contributed by atoms with Gasteiger partial charge in [0.1, 0.15) is 0 Å². The van der Waals surface area contributed by atoms with E-state index in [-0.39, 0.29) is 0 Å². The molecule has 0 bridgehead atoms. The Morgan fingerprint density at radius 2 is 1.29 bits per heavy atom. The molecule has 0 heteroatoms. The van der Waals surface area contributed by atoms with E-state index in [1.165, 1.54) is 80.0 Å². The Morgan fingerprint density at radius 1 is 0.714 bits per heavy atom. The molecule has 1 aliphatic rings. The van der Waals surface area contributed by atoms with E-state index in [0.29, 0.717) is 0 Å². The zero-order valence-electron chi connectivity index (χ0n) is 18.0. The highest BCUT2D eigenvalue weighted by atomic mass is 14.3. The van der Waals surface area contributed by atoms with Crippen LogP contribution in [0.1, 0.15) is 82.8 Å². The fourth-order valence-electron chi connectivity index (χ4n) is 4.62. The molecule has 1 fully saturated rings. The van der Waals surface area contributed by atoms with E-state index in [9.17, 15) is 0 Å². The third-order valence-corrected chi connectivity index (χ3v) is 6.47. The van der Waals surface area contributed by atoms with Crippen molar-refractivity contribution in [1.29, 1.82) is 0 Å². The zero-order chi connectivity index (χ0) is 19.6. The second-order valence-electron chi connectivity index (χ2n) is 8.72. The molecule has 2 aromatic rings. The van der Waals surface area contributed by atoms with Gasteiger partial charge in [-0.25, -0.2) is 0 Å². The summed E-state index contributed by atoms with van der Waals surface area (Å²) in [6.07, 6.45) is 18.1. The third-order valence-electron chi connectivity index (χ3n) is 6.47. The van der Waals surface area contributed by atoms with Crippen molar-refractivity contribution in [3.63, 3.8) is 0 Å². The van der Waals surface area contributed by atoms with Gasteiger partial charge in [0.25, 0.3) is 0 Å². The van der Waals surface area contributed by atoms with Crippen LogP contribution in [0.5, 0.6) is 0 Å². The number of unbranched alkanes of at least 4 members (excludes halogenated alkanes) is 1. The topological polar surface area (TPSA) is 0 Å². The molecule has 0 nitrogen and oxygen atoms in total. The smallest absolute Gasteiger partial charge is 0.0184 e. The molecule has 1 saturated carbocycles. The molecular formula is C28H38. The minimum Gasteiger partial charge on any atom is -0.0840 e. The molecule has 0 saturated heterocycles. The second-order valence-corrected chi connectivity index (χ2v) is 8.72. The van der Waals surface area contributed by atoms with Crippen LogP contribution < -0.4 is 0 Å². The van der Waals surface area contributed by atoms with E-state index < -0.39 is 0 Å². The molecule has 3 rings (SSSR count). The highest BCUT2D eigenvalue weighted by Gasteiger charge is 2.20. The first kappa shape index (κ1) is 20.9. The summed E-state index contributed by atoms with van der Waals surface area (Å²) in [4.78, 5) is 0. The molecule has 0 unspecified atom stereocenters. The van der Waals surface area contributed by atoms with E-state index in [4.69, 9.17) is 0 Å². The normalized spacial score (nSPS) is 19.9. The Kier molecular flexibility index (Phi) is 8.40. The predicted octanol–water partition coefficient (Wildman–Crippen LogP) is 8.71. The summed E-state index contributed by atoms with van der Waals surface area (Å²) in [5.41, 5.74) is 5.43. The van der Waals surface area contributed by atoms with Crippen LogP contribution in [-0.4, -0.2) is 0 Å². The van der Waals surface area contributed by atoms with Gasteiger partial charge >= 0.3 is 0 Å². The van der Waals surface area contributed by atoms with Gasteiger partial charge in [-0.05, 0) is 53.4 Å². The van der Waals surface area contributed by atoms with Crippen molar-refractivity contribution in [2.24, 2.45) is 11.8 Å². The number of hydrogen-bond donors (Lipinski definition) is 0. The summed E-state index contributed by atoms with van der Waals surface area (Å²) in [7, 11) is 0. The summed E-state index contributed by atoms with van der Waals surface area (Å²) >= 11 is 0. The molecule has 28 heavy (non-hydrogen) atoms. The molecule has 0 spiro atoms. The van der Waals surface area contributed by atoms with Crippen LogP contribution in [0.2, 0.25) is 0 Å². The van der Waals surface area contributed by atoms with Crippen LogP contribution in [0, 0.1) is 11.8 Å². The quantitative estimate of drug-likeness (QED) is 0.411. The third kappa shape index (κ3) is 6.36. The SMILES string of the molecule is CCC/C=C/c1ccc(-c2ccc(CCC3CCC(CCC)CC3)cc2)cc1. The van der Waals surface area contributed by atoms with E-state index >= 15 is 0 Å². The molecule has 0 N–H and O–H groups in total. The van der Waals surface area contributed by atoms with Gasteiger partial charge in [0, 0.05) is 0 Å². The van der Waals surface area contributed by atoms with Crippen molar-refractivity contribution < 1.29 is 0 Å². The minimum absolute atomic E-state index is 0.959. The number of hydrogen-bond acceptors (Lipinski definition) is 0. The fourth-order valence-corrected chi connectivity index (χ4v) is 4.62. The number of allylic oxidation sites excluding steroid dienone is 1. The lowest BCUT2D eigenvalue weighted by Crippen LogP contribution is -2.15. The molecule has 2 aromatic carbocycles. The summed E-state index contributed by atoms with van der Waals surface area (Å²) in [5, 5.41) is 0. The van der Waals surface area contributed by atoms with Gasteiger partial charge in [0.2, 0.25) is 0 Å². The Balaban J connectivity index is 1.48. The van der Waals surface area contributed by atoms with Crippen LogP contribution in [-0.2, 0) is 6.42 Å². The molecule has 150 valence electrons. The lowest BCUT2D eigenvalue weighted by atomic mass is 9.78. The highest BCUT2D eigenvalue weighted by molar-refractivity contribution is 5.65. The summed E-state index contributed by atoms with van der Waals surface area (Å²) < 4.78 is 0. The van der Waals surface area contributed by atoms with Gasteiger partial charge in [-0.1, -0.05) is 119 Å². The van der Waals surface area contributed by atoms with Gasteiger partial charge in [0.05, 0.1) is 0 Å². The molecule has 0 atom stereocenters. The maximum atomic E-state index is 2.34. The van der Waals surface area contributed by atoms with Crippen LogP contribution in [0.4, 0.5) is 0 Å². The number of rotatable bonds is 9. The highest BCUT2D eigenvalue weighted by Crippen LogP contribution is 2.34. The van der Waals surface area contributed by atoms with Crippen LogP contribution >= 0.6 is 0 Å². The van der Waals surface area contributed by atoms with Gasteiger partial charge in [-0.2, -0.15) is 0 Å². The van der Waals surface area contributed by atoms with Gasteiger partial charge in [-0.15, -0.1) is 0 Å². The monoisotopic (exact) mass is 374 g/mol. The van der Waals surface area contributed by atoms with Crippen molar-refractivity contribution in [3.05, 3.63) is 65.7 Å². The molecule has 0 radical (unpaired) electrons. The summed E-state index contributed by atoms with van der Waals surface area (Å²) in [6.45, 7) is 4.55. The molecular weight excluding hydrogens is 336 g/mol. The van der Waals surface area contributed by atoms with Crippen molar-refractivity contribution in [1.82, 2.24) is 0 Å². The summed E-state index contributed by atoms with van der Waals surface area (Å²) in [6, 6.07) is 18.2. The Bertz CT molecular complexity index is 697. The van der Waals surface area contributed by atoms with Crippen LogP contribution in [0.15, 0.2) is 54.6 Å². The van der Waals surface area contributed by atoms with Crippen molar-refractivity contribution >= 4 is 6.08 Å². The number of benzene rings is 2. The first-order valence-corrected chi connectivity index (χ1v) is 11.6. The lowest BCUT2D eigenvalue weighted by Gasteiger charge is -2.28. The summed E-state index contributed by atoms with van der Waals surface area (Å²) in [5.74, 6) is 1.98. The minimum atomic E-state index is 0.959. The van der Waals surface area contributed by atoms with Crippen molar-refractivity contribution in [3.8, 4) is 11.1 Å². The van der Waals surface area contributed by atoms with E-state index in [1.807, 2.05) is 0 Å². The average Bonchev–Trinajstić information content (AvgIpc) is 2.75. The molecule has 0 amide bonds. The van der Waals surface area contributed by atoms with Gasteiger partial charge in [0.15, 0.2) is 0 Å². The Morgan fingerprint density at radius 3 is 1.86 bits per heavy atom. The fraction of sp³-hybridized carbons (Fsp3) is 0.500. The lowest BCUT2D eigenvalue weighted by molar-refractivity contribution is 0.252. The Hall–Kier alpha value is -1.82. The average molecular weight is 375 g/mol. The maximum Gasteiger partial charge on any atom is -0.0184 e. The first-order valence-electron chi connectivity index (χ1n) is 11.6. The first-order chi connectivity index (χ1) is 13.8. The number of aryl methyl sites for hydroxylation is 1. The molecule has 0 aromatic heterocycles. The Labute approximate surface area is 173 Å². The van der Waals surface area contributed by atoms with Crippen molar-refractivity contribution in [2.75, 3.05) is 0 Å². The van der Waals surface area contributed by atoms with Crippen LogP contribution in [0.3, 0.4) is 0 Å². The molecule has 0 heterocycles. The molecule has 0 aliphatic heterocycles. The standard InChI is InChI=1S/C28H38/c1-3-5-6-8-24-15-19-27(20-16-24)28-21-17-26(18-22-28)14-13-25-11-9-23(7-4-2)10-12-25/h6,8,15-23,25H,3-5,7,9-14H2,1-2H3/b8-6+. The molecule has 1 aliphatic carbocycles. The van der Waals surface area contributed by atoms with Crippen molar-refractivity contribution in [2.45, 2.75) is 78.1 Å². The van der Waals surface area contributed by atoms with E-state index in [0.717, 1.165) is 18.3 Å². The van der Waals surface area contributed by atoms with E-state index in [1.54, 1.807) is 0 Å². The maximum absolute atomic E-state index is 2.34. The van der Waals surface area contributed by atoms with Gasteiger partial charge < -0.3 is 0 Å².